The van der Waals surface area contributed by atoms with Crippen molar-refractivity contribution < 1.29 is 9.53 Å². The third-order valence-electron chi connectivity index (χ3n) is 2.27. The largest absolute Gasteiger partial charge is 0.372 e. The SMILES string of the molecule is CCOCC(=O)N(CC)c1cccc(Cl)c1Cl. The zero-order chi connectivity index (χ0) is 12.8. The van der Waals surface area contributed by atoms with E-state index in [1.807, 2.05) is 13.8 Å². The van der Waals surface area contributed by atoms with Gasteiger partial charge in [-0.1, -0.05) is 29.3 Å². The van der Waals surface area contributed by atoms with Gasteiger partial charge in [0.2, 0.25) is 0 Å². The van der Waals surface area contributed by atoms with Gasteiger partial charge < -0.3 is 9.64 Å². The van der Waals surface area contributed by atoms with Crippen molar-refractivity contribution in [3.05, 3.63) is 28.2 Å². The summed E-state index contributed by atoms with van der Waals surface area (Å²) in [6, 6.07) is 5.22. The maximum atomic E-state index is 11.9. The molecule has 0 unspecified atom stereocenters. The molecule has 0 radical (unpaired) electrons. The Balaban J connectivity index is 2.93. The van der Waals surface area contributed by atoms with Crippen LogP contribution in [0.2, 0.25) is 10.0 Å². The lowest BCUT2D eigenvalue weighted by molar-refractivity contribution is -0.122. The summed E-state index contributed by atoms with van der Waals surface area (Å²) in [5.74, 6) is -0.126. The number of hydrogen-bond acceptors (Lipinski definition) is 2. The number of halogens is 2. The standard InChI is InChI=1S/C12H15Cl2NO2/c1-3-15(11(16)8-17-4-2)10-7-5-6-9(13)12(10)14/h5-7H,3-4,8H2,1-2H3. The molecule has 94 valence electrons. The first-order chi connectivity index (χ1) is 8.11. The van der Waals surface area contributed by atoms with Gasteiger partial charge in [0.05, 0.1) is 15.7 Å². The highest BCUT2D eigenvalue weighted by Crippen LogP contribution is 2.32. The average molecular weight is 276 g/mol. The molecule has 1 aromatic rings. The van der Waals surface area contributed by atoms with Crippen molar-refractivity contribution in [2.45, 2.75) is 13.8 Å². The van der Waals surface area contributed by atoms with Crippen LogP contribution in [0.4, 0.5) is 5.69 Å². The number of nitrogens with zero attached hydrogens (tertiary/aromatic N) is 1. The third kappa shape index (κ3) is 3.60. The predicted molar refractivity (Wildman–Crippen MR) is 71.0 cm³/mol. The summed E-state index contributed by atoms with van der Waals surface area (Å²) in [6.07, 6.45) is 0. The molecule has 0 saturated heterocycles. The second-order valence-electron chi connectivity index (χ2n) is 3.35. The van der Waals surface area contributed by atoms with Gasteiger partial charge in [0.1, 0.15) is 6.61 Å². The molecule has 17 heavy (non-hydrogen) atoms. The van der Waals surface area contributed by atoms with E-state index >= 15 is 0 Å². The summed E-state index contributed by atoms with van der Waals surface area (Å²) in [4.78, 5) is 13.5. The minimum Gasteiger partial charge on any atom is -0.372 e. The van der Waals surface area contributed by atoms with Gasteiger partial charge in [-0.25, -0.2) is 0 Å². The van der Waals surface area contributed by atoms with Crippen molar-refractivity contribution >= 4 is 34.8 Å². The number of likely N-dealkylation sites (N-methyl/N-ethyl adjacent to an activating group) is 1. The molecule has 5 heteroatoms. The molecule has 0 aliphatic carbocycles. The van der Waals surface area contributed by atoms with Gasteiger partial charge in [0.25, 0.3) is 5.91 Å². The summed E-state index contributed by atoms with van der Waals surface area (Å²) < 4.78 is 5.10. The normalized spacial score (nSPS) is 10.4. The Morgan fingerprint density at radius 2 is 2.06 bits per heavy atom. The van der Waals surface area contributed by atoms with Crippen LogP contribution in [0.5, 0.6) is 0 Å². The maximum absolute atomic E-state index is 11.9. The van der Waals surface area contributed by atoms with E-state index in [-0.39, 0.29) is 12.5 Å². The number of rotatable bonds is 5. The summed E-state index contributed by atoms with van der Waals surface area (Å²) in [5, 5.41) is 0.827. The fourth-order valence-electron chi connectivity index (χ4n) is 1.45. The molecule has 1 aromatic carbocycles. The lowest BCUT2D eigenvalue weighted by atomic mass is 10.2. The molecule has 0 fully saturated rings. The molecule has 3 nitrogen and oxygen atoms in total. The predicted octanol–water partition coefficient (Wildman–Crippen LogP) is 3.38. The van der Waals surface area contributed by atoms with Gasteiger partial charge >= 0.3 is 0 Å². The topological polar surface area (TPSA) is 29.5 Å². The Morgan fingerprint density at radius 3 is 2.65 bits per heavy atom. The summed E-state index contributed by atoms with van der Waals surface area (Å²) in [6.45, 7) is 4.79. The van der Waals surface area contributed by atoms with Gasteiger partial charge in [-0.15, -0.1) is 0 Å². The van der Waals surface area contributed by atoms with Gasteiger partial charge in [-0.3, -0.25) is 4.79 Å². The van der Waals surface area contributed by atoms with Crippen molar-refractivity contribution in [2.24, 2.45) is 0 Å². The minimum absolute atomic E-state index is 0.0488. The van der Waals surface area contributed by atoms with E-state index in [9.17, 15) is 4.79 Å². The number of carbonyl (C=O) groups is 1. The van der Waals surface area contributed by atoms with Crippen LogP contribution in [-0.4, -0.2) is 25.7 Å². The average Bonchev–Trinajstić information content (AvgIpc) is 2.32. The van der Waals surface area contributed by atoms with Gasteiger partial charge in [0.15, 0.2) is 0 Å². The molecule has 1 rings (SSSR count). The highest BCUT2D eigenvalue weighted by atomic mass is 35.5. The zero-order valence-corrected chi connectivity index (χ0v) is 11.4. The summed E-state index contributed by atoms with van der Waals surface area (Å²) in [7, 11) is 0. The number of carbonyl (C=O) groups excluding carboxylic acids is 1. The van der Waals surface area contributed by atoms with Crippen LogP contribution in [0.25, 0.3) is 0 Å². The van der Waals surface area contributed by atoms with Gasteiger partial charge in [0, 0.05) is 13.2 Å². The van der Waals surface area contributed by atoms with Crippen molar-refractivity contribution in [1.29, 1.82) is 0 Å². The Labute approximate surface area is 111 Å². The lowest BCUT2D eigenvalue weighted by Gasteiger charge is -2.22. The second kappa shape index (κ2) is 6.84. The molecular weight excluding hydrogens is 261 g/mol. The van der Waals surface area contributed by atoms with Crippen molar-refractivity contribution in [1.82, 2.24) is 0 Å². The van der Waals surface area contributed by atoms with Gasteiger partial charge in [-0.2, -0.15) is 0 Å². The number of benzene rings is 1. The smallest absolute Gasteiger partial charge is 0.253 e. The molecule has 1 amide bonds. The van der Waals surface area contributed by atoms with Crippen molar-refractivity contribution in [2.75, 3.05) is 24.7 Å². The quantitative estimate of drug-likeness (QED) is 0.825. The number of hydrogen-bond donors (Lipinski definition) is 0. The first-order valence-electron chi connectivity index (χ1n) is 5.43. The molecule has 0 saturated carbocycles. The Morgan fingerprint density at radius 1 is 1.35 bits per heavy atom. The van der Waals surface area contributed by atoms with Crippen LogP contribution >= 0.6 is 23.2 Å². The van der Waals surface area contributed by atoms with Crippen LogP contribution in [0.3, 0.4) is 0 Å². The van der Waals surface area contributed by atoms with Crippen LogP contribution in [0, 0.1) is 0 Å². The minimum atomic E-state index is -0.126. The van der Waals surface area contributed by atoms with E-state index in [0.29, 0.717) is 28.9 Å². The van der Waals surface area contributed by atoms with E-state index in [4.69, 9.17) is 27.9 Å². The fourth-order valence-corrected chi connectivity index (χ4v) is 1.85. The van der Waals surface area contributed by atoms with Crippen molar-refractivity contribution in [3.8, 4) is 0 Å². The summed E-state index contributed by atoms with van der Waals surface area (Å²) in [5.41, 5.74) is 0.617. The Hall–Kier alpha value is -0.770. The highest BCUT2D eigenvalue weighted by molar-refractivity contribution is 6.44. The number of ether oxygens (including phenoxy) is 1. The van der Waals surface area contributed by atoms with Crippen LogP contribution in [0.1, 0.15) is 13.8 Å². The third-order valence-corrected chi connectivity index (χ3v) is 3.08. The molecule has 0 N–H and O–H groups in total. The summed E-state index contributed by atoms with van der Waals surface area (Å²) >= 11 is 12.0. The molecule has 0 atom stereocenters. The lowest BCUT2D eigenvalue weighted by Crippen LogP contribution is -2.34. The second-order valence-corrected chi connectivity index (χ2v) is 4.13. The fraction of sp³-hybridized carbons (Fsp3) is 0.417. The highest BCUT2D eigenvalue weighted by Gasteiger charge is 2.17. The van der Waals surface area contributed by atoms with E-state index in [2.05, 4.69) is 0 Å². The van der Waals surface area contributed by atoms with E-state index < -0.39 is 0 Å². The maximum Gasteiger partial charge on any atom is 0.253 e. The van der Waals surface area contributed by atoms with Crippen LogP contribution < -0.4 is 4.90 Å². The van der Waals surface area contributed by atoms with E-state index in [0.717, 1.165) is 0 Å². The number of amides is 1. The van der Waals surface area contributed by atoms with Crippen LogP contribution in [0.15, 0.2) is 18.2 Å². The monoisotopic (exact) mass is 275 g/mol. The molecular formula is C12H15Cl2NO2. The molecule has 0 aromatic heterocycles. The van der Waals surface area contributed by atoms with Gasteiger partial charge in [-0.05, 0) is 26.0 Å². The van der Waals surface area contributed by atoms with E-state index in [1.54, 1.807) is 23.1 Å². The van der Waals surface area contributed by atoms with E-state index in [1.165, 1.54) is 0 Å². The Bertz CT molecular complexity index is 396. The molecule has 0 aliphatic rings. The molecule has 0 spiro atoms. The van der Waals surface area contributed by atoms with Crippen LogP contribution in [-0.2, 0) is 9.53 Å². The van der Waals surface area contributed by atoms with Crippen molar-refractivity contribution in [3.63, 3.8) is 0 Å². The number of anilines is 1. The molecule has 0 bridgehead atoms. The first-order valence-corrected chi connectivity index (χ1v) is 6.19. The first kappa shape index (κ1) is 14.3. The molecule has 0 heterocycles. The molecule has 0 aliphatic heterocycles. The Kier molecular flexibility index (Phi) is 5.75. The zero-order valence-electron chi connectivity index (χ0n) is 9.87.